The van der Waals surface area contributed by atoms with Crippen molar-refractivity contribution >= 4 is 11.9 Å². The molecule has 0 fully saturated rings. The highest BCUT2D eigenvalue weighted by atomic mass is 32.1. The van der Waals surface area contributed by atoms with E-state index in [4.69, 9.17) is 0 Å². The molecule has 38 valence electrons. The summed E-state index contributed by atoms with van der Waals surface area (Å²) in [6, 6.07) is 0. The summed E-state index contributed by atoms with van der Waals surface area (Å²) in [7, 11) is 0. The summed E-state index contributed by atoms with van der Waals surface area (Å²) >= 11 is 0.391. The molecule has 0 saturated carbocycles. The van der Waals surface area contributed by atoms with E-state index in [-0.39, 0.29) is 0 Å². The lowest BCUT2D eigenvalue weighted by molar-refractivity contribution is 0.632. The minimum Gasteiger partial charge on any atom is -0.325 e. The van der Waals surface area contributed by atoms with Crippen molar-refractivity contribution < 1.29 is 7.70 Å². The molecular formula is C2O4S. The fourth-order valence-electron chi connectivity index (χ4n) is 0.147. The Balaban J connectivity index is 3.71. The van der Waals surface area contributed by atoms with Crippen molar-refractivity contribution in [3.63, 3.8) is 0 Å². The maximum Gasteiger partial charge on any atom is 0.437 e. The predicted octanol–water partition coefficient (Wildman–Crippen LogP) is -0.346. The summed E-state index contributed by atoms with van der Waals surface area (Å²) in [5.41, 5.74) is -1.88. The first-order chi connectivity index (χ1) is 3.30. The second kappa shape index (κ2) is 1.34. The SMILES string of the molecule is O=c1osoc1=O. The average molecular weight is 120 g/mol. The van der Waals surface area contributed by atoms with Gasteiger partial charge in [-0.2, -0.15) is 0 Å². The lowest BCUT2D eigenvalue weighted by atomic mass is 11.0. The fourth-order valence-corrected chi connectivity index (χ4v) is 0.441. The highest BCUT2D eigenvalue weighted by Crippen LogP contribution is 1.77. The van der Waals surface area contributed by atoms with Crippen molar-refractivity contribution in [2.75, 3.05) is 0 Å². The van der Waals surface area contributed by atoms with Crippen LogP contribution in [0.25, 0.3) is 0 Å². The van der Waals surface area contributed by atoms with Gasteiger partial charge in [0.15, 0.2) is 0 Å². The van der Waals surface area contributed by atoms with Crippen molar-refractivity contribution in [1.29, 1.82) is 0 Å². The van der Waals surface area contributed by atoms with Crippen LogP contribution in [-0.2, 0) is 0 Å². The Morgan fingerprint density at radius 1 is 1.14 bits per heavy atom. The van der Waals surface area contributed by atoms with Gasteiger partial charge in [0.05, 0.1) is 0 Å². The van der Waals surface area contributed by atoms with Crippen molar-refractivity contribution in [1.82, 2.24) is 0 Å². The van der Waals surface area contributed by atoms with Gasteiger partial charge in [-0.3, -0.25) is 0 Å². The summed E-state index contributed by atoms with van der Waals surface area (Å²) in [5, 5.41) is 0. The highest BCUT2D eigenvalue weighted by molar-refractivity contribution is 6.93. The lowest BCUT2D eigenvalue weighted by Crippen LogP contribution is -2.14. The molecule has 4 nitrogen and oxygen atoms in total. The van der Waals surface area contributed by atoms with Crippen LogP contribution in [0.4, 0.5) is 0 Å². The molecule has 0 aromatic carbocycles. The molecular weight excluding hydrogens is 120 g/mol. The molecule has 0 saturated heterocycles. The highest BCUT2D eigenvalue weighted by Gasteiger charge is 1.94. The second-order valence-corrected chi connectivity index (χ2v) is 1.28. The van der Waals surface area contributed by atoms with Gasteiger partial charge in [0.1, 0.15) is 0 Å². The Labute approximate surface area is 41.4 Å². The molecule has 5 heteroatoms. The van der Waals surface area contributed by atoms with Crippen LogP contribution in [0.3, 0.4) is 0 Å². The van der Waals surface area contributed by atoms with Crippen molar-refractivity contribution in [3.05, 3.63) is 20.8 Å². The van der Waals surface area contributed by atoms with Crippen molar-refractivity contribution in [2.24, 2.45) is 0 Å². The third-order valence-corrected chi connectivity index (χ3v) is 0.825. The van der Waals surface area contributed by atoms with Gasteiger partial charge in [-0.05, 0) is 0 Å². The van der Waals surface area contributed by atoms with Crippen LogP contribution in [0, 0.1) is 0 Å². The standard InChI is InChI=1S/C2O4S/c3-1-2(4)6-7-5-1. The van der Waals surface area contributed by atoms with Gasteiger partial charge in [0.2, 0.25) is 11.9 Å². The van der Waals surface area contributed by atoms with Gasteiger partial charge in [-0.15, -0.1) is 0 Å². The largest absolute Gasteiger partial charge is 0.437 e. The van der Waals surface area contributed by atoms with E-state index in [0.717, 1.165) is 0 Å². The molecule has 1 aromatic rings. The summed E-state index contributed by atoms with van der Waals surface area (Å²) in [4.78, 5) is 19.7. The predicted molar refractivity (Wildman–Crippen MR) is 21.4 cm³/mol. The summed E-state index contributed by atoms with van der Waals surface area (Å²) in [5.74, 6) is 0. The zero-order valence-corrected chi connectivity index (χ0v) is 3.86. The molecule has 1 aromatic heterocycles. The van der Waals surface area contributed by atoms with Gasteiger partial charge in [0.25, 0.3) is 0 Å². The van der Waals surface area contributed by atoms with E-state index in [9.17, 15) is 9.59 Å². The topological polar surface area (TPSA) is 60.4 Å². The van der Waals surface area contributed by atoms with E-state index in [1.807, 2.05) is 0 Å². The van der Waals surface area contributed by atoms with Crippen LogP contribution in [0.5, 0.6) is 0 Å². The first-order valence-electron chi connectivity index (χ1n) is 1.40. The molecule has 0 atom stereocenters. The molecule has 0 radical (unpaired) electrons. The maximum atomic E-state index is 9.86. The van der Waals surface area contributed by atoms with Gasteiger partial charge >= 0.3 is 11.3 Å². The Morgan fingerprint density at radius 2 is 1.57 bits per heavy atom. The molecule has 1 rings (SSSR count). The number of hydrogen-bond donors (Lipinski definition) is 0. The van der Waals surface area contributed by atoms with E-state index in [1.165, 1.54) is 0 Å². The summed E-state index contributed by atoms with van der Waals surface area (Å²) in [6.45, 7) is 0. The monoisotopic (exact) mass is 120 g/mol. The van der Waals surface area contributed by atoms with Crippen LogP contribution in [0.15, 0.2) is 17.3 Å². The fraction of sp³-hybridized carbons (Fsp3) is 0. The minimum atomic E-state index is -0.940. The molecule has 0 aliphatic heterocycles. The summed E-state index contributed by atoms with van der Waals surface area (Å²) < 4.78 is 7.94. The Morgan fingerprint density at radius 3 is 1.71 bits per heavy atom. The minimum absolute atomic E-state index is 0.391. The van der Waals surface area contributed by atoms with E-state index in [2.05, 4.69) is 7.70 Å². The zero-order valence-electron chi connectivity index (χ0n) is 3.04. The van der Waals surface area contributed by atoms with Crippen LogP contribution in [0.1, 0.15) is 0 Å². The Hall–Kier alpha value is -0.840. The third-order valence-electron chi connectivity index (χ3n) is 0.386. The lowest BCUT2D eigenvalue weighted by Gasteiger charge is -1.42. The quantitative estimate of drug-likeness (QED) is 0.439. The molecule has 0 N–H and O–H groups in total. The first kappa shape index (κ1) is 4.32. The zero-order chi connectivity index (χ0) is 5.28. The van der Waals surface area contributed by atoms with Gasteiger partial charge in [-0.1, -0.05) is 0 Å². The molecule has 0 amide bonds. The third kappa shape index (κ3) is 0.614. The normalized spacial score (nSPS) is 9.14. The van der Waals surface area contributed by atoms with E-state index in [0.29, 0.717) is 11.9 Å². The van der Waals surface area contributed by atoms with Crippen LogP contribution in [-0.4, -0.2) is 0 Å². The Kier molecular flexibility index (Phi) is 0.828. The molecule has 0 bridgehead atoms. The number of rotatable bonds is 0. The first-order valence-corrected chi connectivity index (χ1v) is 2.07. The number of hydrogen-bond acceptors (Lipinski definition) is 5. The average Bonchev–Trinajstić information content (AvgIpc) is 1.91. The molecule has 0 spiro atoms. The van der Waals surface area contributed by atoms with Crippen molar-refractivity contribution in [2.45, 2.75) is 0 Å². The van der Waals surface area contributed by atoms with Crippen molar-refractivity contribution in [3.8, 4) is 0 Å². The molecule has 0 aliphatic rings. The second-order valence-electron chi connectivity index (χ2n) is 0.810. The van der Waals surface area contributed by atoms with E-state index >= 15 is 0 Å². The van der Waals surface area contributed by atoms with E-state index in [1.54, 1.807) is 0 Å². The molecule has 0 aliphatic carbocycles. The molecule has 1 heterocycles. The summed E-state index contributed by atoms with van der Waals surface area (Å²) in [6.07, 6.45) is 0. The van der Waals surface area contributed by atoms with Gasteiger partial charge in [-0.25, -0.2) is 9.59 Å². The van der Waals surface area contributed by atoms with Crippen LogP contribution >= 0.6 is 11.9 Å². The van der Waals surface area contributed by atoms with E-state index < -0.39 is 11.3 Å². The Bertz CT molecular complexity index is 214. The van der Waals surface area contributed by atoms with Crippen LogP contribution < -0.4 is 11.3 Å². The molecule has 0 unspecified atom stereocenters. The maximum absolute atomic E-state index is 9.86. The smallest absolute Gasteiger partial charge is 0.325 e. The van der Waals surface area contributed by atoms with Crippen LogP contribution in [0.2, 0.25) is 0 Å². The van der Waals surface area contributed by atoms with Gasteiger partial charge in [0, 0.05) is 0 Å². The molecule has 7 heavy (non-hydrogen) atoms. The van der Waals surface area contributed by atoms with Gasteiger partial charge < -0.3 is 7.70 Å².